The SMILES string of the molecule is CCCCCCC12c3ccc(s3)-c3ccc(cc3)C=Cc3ccc(cc3)-c3ccc(s3)C(CCCCCC)(c3ccc(s3)-c3ccc(cc3)/C=C\c3ccc(cc3)-c3ccc1s3)c1ccc(s1)-c1ccc(cc1)CCc1ccc(cc1)-c1ccc2s1. The van der Waals surface area contributed by atoms with Crippen molar-refractivity contribution in [3.63, 3.8) is 0 Å². The van der Waals surface area contributed by atoms with Gasteiger partial charge in [0.05, 0.1) is 10.8 Å². The first-order valence-electron chi connectivity index (χ1n) is 31.0. The first kappa shape index (κ1) is 56.8. The van der Waals surface area contributed by atoms with E-state index in [2.05, 4.69) is 257 Å². The van der Waals surface area contributed by atoms with Gasteiger partial charge in [-0.25, -0.2) is 0 Å². The van der Waals surface area contributed by atoms with Gasteiger partial charge in [0.2, 0.25) is 0 Å². The van der Waals surface area contributed by atoms with Crippen LogP contribution in [0, 0.1) is 0 Å². The molecule has 21 aliphatic rings. The summed E-state index contributed by atoms with van der Waals surface area (Å²) in [6.45, 7) is 4.65. The van der Waals surface area contributed by atoms with Crippen LogP contribution in [0.4, 0.5) is 0 Å². The van der Waals surface area contributed by atoms with E-state index in [4.69, 9.17) is 0 Å². The fourth-order valence-electron chi connectivity index (χ4n) is 12.8. The van der Waals surface area contributed by atoms with Crippen LogP contribution in [-0.2, 0) is 23.7 Å². The molecule has 86 heavy (non-hydrogen) atoms. The van der Waals surface area contributed by atoms with Gasteiger partial charge in [0, 0.05) is 58.5 Å². The van der Waals surface area contributed by atoms with E-state index in [9.17, 15) is 0 Å². The Labute approximate surface area is 533 Å². The van der Waals surface area contributed by atoms with Gasteiger partial charge in [-0.1, -0.05) is 235 Å². The van der Waals surface area contributed by atoms with Crippen molar-refractivity contribution in [3.8, 4) is 62.6 Å². The number of thiophene rings is 6. The maximum atomic E-state index is 2.47. The molecule has 26 bridgehead atoms. The van der Waals surface area contributed by atoms with Crippen molar-refractivity contribution in [1.29, 1.82) is 0 Å². The number of benzene rings is 6. The summed E-state index contributed by atoms with van der Waals surface area (Å²) >= 11 is 11.9. The molecule has 6 heteroatoms. The van der Waals surface area contributed by atoms with Crippen LogP contribution in [-0.4, -0.2) is 0 Å². The molecular formula is C80H70S6. The third kappa shape index (κ3) is 11.6. The zero-order valence-corrected chi connectivity index (χ0v) is 53.9. The smallest absolute Gasteiger partial charge is 0.0732 e. The van der Waals surface area contributed by atoms with Crippen molar-refractivity contribution in [3.05, 3.63) is 281 Å². The molecule has 0 radical (unpaired) electrons. The highest BCUT2D eigenvalue weighted by Gasteiger charge is 2.42. The van der Waals surface area contributed by atoms with Crippen LogP contribution in [0.3, 0.4) is 0 Å². The lowest BCUT2D eigenvalue weighted by atomic mass is 9.78. The number of aryl methyl sites for hydroxylation is 2. The van der Waals surface area contributed by atoms with E-state index in [0.717, 1.165) is 38.5 Å². The molecular weight excluding hydrogens is 1150 g/mol. The summed E-state index contributed by atoms with van der Waals surface area (Å²) in [5.74, 6) is 0. The summed E-state index contributed by atoms with van der Waals surface area (Å²) in [5.41, 5.74) is 14.6. The van der Waals surface area contributed by atoms with E-state index < -0.39 is 0 Å². The molecule has 0 spiro atoms. The van der Waals surface area contributed by atoms with Crippen molar-refractivity contribution in [2.45, 2.75) is 102 Å². The Morgan fingerprint density at radius 2 is 0.465 bits per heavy atom. The molecule has 0 aliphatic carbocycles. The lowest BCUT2D eigenvalue weighted by Crippen LogP contribution is -2.26. The monoisotopic (exact) mass is 1220 g/mol. The Bertz CT molecular complexity index is 3820. The molecule has 0 fully saturated rings. The molecule has 27 heterocycles. The van der Waals surface area contributed by atoms with Crippen LogP contribution in [0.1, 0.15) is 141 Å². The molecule has 6 aromatic heterocycles. The van der Waals surface area contributed by atoms with Gasteiger partial charge in [0.25, 0.3) is 0 Å². The molecule has 21 aliphatic heterocycles. The zero-order valence-electron chi connectivity index (χ0n) is 49.0. The fraction of sp³-hybridized carbons (Fsp3) is 0.200. The molecule has 2 atom stereocenters. The summed E-state index contributed by atoms with van der Waals surface area (Å²) in [5, 5.41) is 0. The van der Waals surface area contributed by atoms with Gasteiger partial charge in [-0.3, -0.25) is 0 Å². The minimum atomic E-state index is -0.301. The fourth-order valence-corrected chi connectivity index (χ4v) is 20.8. The van der Waals surface area contributed by atoms with E-state index in [1.54, 1.807) is 0 Å². The lowest BCUT2D eigenvalue weighted by molar-refractivity contribution is 0.527. The number of rotatable bonds is 10. The van der Waals surface area contributed by atoms with E-state index in [1.165, 1.54) is 164 Å². The van der Waals surface area contributed by atoms with Gasteiger partial charge in [-0.15, -0.1) is 68.0 Å². The third-order valence-corrected chi connectivity index (χ3v) is 25.6. The van der Waals surface area contributed by atoms with E-state index in [0.29, 0.717) is 0 Å². The van der Waals surface area contributed by atoms with Crippen LogP contribution in [0.5, 0.6) is 0 Å². The van der Waals surface area contributed by atoms with Gasteiger partial charge in [0.15, 0.2) is 0 Å². The maximum absolute atomic E-state index is 2.47. The molecule has 2 unspecified atom stereocenters. The molecule has 0 saturated heterocycles. The van der Waals surface area contributed by atoms with Crippen LogP contribution in [0.25, 0.3) is 86.9 Å². The molecule has 426 valence electrons. The van der Waals surface area contributed by atoms with Gasteiger partial charge in [-0.2, -0.15) is 0 Å². The zero-order chi connectivity index (χ0) is 57.9. The van der Waals surface area contributed by atoms with Crippen LogP contribution < -0.4 is 0 Å². The number of unbranched alkanes of at least 4 members (excludes halogenated alkanes) is 6. The third-order valence-electron chi connectivity index (χ3n) is 17.9. The van der Waals surface area contributed by atoms with Crippen molar-refractivity contribution in [2.24, 2.45) is 0 Å². The van der Waals surface area contributed by atoms with Crippen molar-refractivity contribution in [1.82, 2.24) is 0 Å². The normalized spacial score (nSPS) is 16.5. The summed E-state index contributed by atoms with van der Waals surface area (Å²) in [6, 6.07) is 85.1. The highest BCUT2D eigenvalue weighted by molar-refractivity contribution is 7.20. The highest BCUT2D eigenvalue weighted by Crippen LogP contribution is 2.55. The standard InChI is InChI=1S/C80H70S6/c1-3-5-7-9-53-79-73-47-41-67(81-73)61-29-17-55(18-30-61)11-14-58-23-35-64(36-24-58)70-44-50-76(84-70)80(54-10-8-6-4-2,77-51-45-71(85-77)65-37-25-59(26-38-65)15-12-56-19-31-62(32-20-56)68-42-48-74(79)82-68)78-52-46-72(86-78)66-39-27-60(28-40-66)16-13-57-21-33-63(34-22-57)69-43-49-75(79)83-69/h11-12,14-15,17-52H,3-10,13,16,53-54H2,1-2H3/b14-11-,15-12?. The average molecular weight is 1220 g/mol. The Hall–Kier alpha value is -7.00. The molecule has 0 N–H and O–H groups in total. The quantitative estimate of drug-likeness (QED) is 0.120. The predicted octanol–water partition coefficient (Wildman–Crippen LogP) is 25.4. The summed E-state index contributed by atoms with van der Waals surface area (Å²) in [4.78, 5) is 16.4. The van der Waals surface area contributed by atoms with E-state index in [1.807, 2.05) is 68.0 Å². The first-order chi connectivity index (χ1) is 42.4. The lowest BCUT2D eigenvalue weighted by Gasteiger charge is -2.32. The maximum Gasteiger partial charge on any atom is 0.0732 e. The second-order valence-corrected chi connectivity index (χ2v) is 30.0. The Kier molecular flexibility index (Phi) is 16.8. The molecule has 0 amide bonds. The molecule has 33 rings (SSSR count). The van der Waals surface area contributed by atoms with Crippen molar-refractivity contribution >= 4 is 92.3 Å². The Morgan fingerprint density at radius 3 is 0.686 bits per heavy atom. The van der Waals surface area contributed by atoms with Gasteiger partial charge >= 0.3 is 0 Å². The topological polar surface area (TPSA) is 0 Å². The number of hydrogen-bond acceptors (Lipinski definition) is 6. The van der Waals surface area contributed by atoms with E-state index in [-0.39, 0.29) is 10.8 Å². The summed E-state index contributed by atoms with van der Waals surface area (Å²) in [6.07, 6.45) is 22.8. The molecule has 0 nitrogen and oxygen atoms in total. The summed E-state index contributed by atoms with van der Waals surface area (Å²) < 4.78 is 0. The highest BCUT2D eigenvalue weighted by atomic mass is 32.1. The van der Waals surface area contributed by atoms with Crippen molar-refractivity contribution in [2.75, 3.05) is 0 Å². The second kappa shape index (κ2) is 25.4. The predicted molar refractivity (Wildman–Crippen MR) is 381 cm³/mol. The minimum absolute atomic E-state index is 0.301. The van der Waals surface area contributed by atoms with Gasteiger partial charge in [0.1, 0.15) is 0 Å². The Morgan fingerprint density at radius 1 is 0.244 bits per heavy atom. The second-order valence-electron chi connectivity index (χ2n) is 23.5. The first-order valence-corrected chi connectivity index (χ1v) is 35.9. The van der Waals surface area contributed by atoms with E-state index >= 15 is 0 Å². The largest absolute Gasteiger partial charge is 0.139 e. The van der Waals surface area contributed by atoms with Crippen LogP contribution in [0.15, 0.2) is 218 Å². The van der Waals surface area contributed by atoms with Crippen LogP contribution >= 0.6 is 68.0 Å². The Balaban J connectivity index is 0.941. The molecule has 6 aromatic carbocycles. The molecule has 12 aromatic rings. The van der Waals surface area contributed by atoms with Crippen molar-refractivity contribution < 1.29 is 0 Å². The summed E-state index contributed by atoms with van der Waals surface area (Å²) in [7, 11) is 0. The van der Waals surface area contributed by atoms with Crippen LogP contribution in [0.2, 0.25) is 0 Å². The van der Waals surface area contributed by atoms with Gasteiger partial charge < -0.3 is 0 Å². The minimum Gasteiger partial charge on any atom is -0.139 e. The molecule has 0 saturated carbocycles. The average Bonchev–Trinajstić information content (AvgIpc) is 1.94. The number of hydrogen-bond donors (Lipinski definition) is 0. The van der Waals surface area contributed by atoms with Gasteiger partial charge in [-0.05, 0) is 165 Å².